The first-order valence-corrected chi connectivity index (χ1v) is 7.53. The molecule has 20 heavy (non-hydrogen) atoms. The van der Waals surface area contributed by atoms with Crippen LogP contribution in [0.2, 0.25) is 0 Å². The van der Waals surface area contributed by atoms with Crippen LogP contribution in [0.1, 0.15) is 30.4 Å². The second-order valence-electron chi connectivity index (χ2n) is 5.93. The molecule has 0 heterocycles. The van der Waals surface area contributed by atoms with Crippen LogP contribution < -0.4 is 4.90 Å². The number of alkyl halides is 1. The number of nitrogens with zero attached hydrogens (tertiary/aromatic N) is 3. The van der Waals surface area contributed by atoms with Gasteiger partial charge in [-0.3, -0.25) is 0 Å². The van der Waals surface area contributed by atoms with Crippen molar-refractivity contribution in [3.05, 3.63) is 29.3 Å². The van der Waals surface area contributed by atoms with Gasteiger partial charge in [0.1, 0.15) is 6.07 Å². The fourth-order valence-corrected chi connectivity index (χ4v) is 3.11. The number of nitriles is 1. The van der Waals surface area contributed by atoms with E-state index in [0.29, 0.717) is 11.4 Å². The predicted molar refractivity (Wildman–Crippen MR) is 84.3 cm³/mol. The number of likely N-dealkylation sites (N-methyl/N-ethyl adjacent to an activating group) is 2. The third-order valence-corrected chi connectivity index (χ3v) is 4.82. The van der Waals surface area contributed by atoms with Crippen molar-refractivity contribution in [2.45, 2.75) is 30.7 Å². The van der Waals surface area contributed by atoms with E-state index in [1.54, 1.807) is 0 Å². The van der Waals surface area contributed by atoms with Crippen molar-refractivity contribution in [3.63, 3.8) is 0 Å². The van der Waals surface area contributed by atoms with Gasteiger partial charge in [-0.15, -0.1) is 11.6 Å². The third-order valence-electron chi connectivity index (χ3n) is 4.51. The van der Waals surface area contributed by atoms with Crippen molar-refractivity contribution < 1.29 is 0 Å². The second kappa shape index (κ2) is 6.03. The molecular weight excluding hydrogens is 270 g/mol. The molecule has 0 atom stereocenters. The Morgan fingerprint density at radius 1 is 1.30 bits per heavy atom. The van der Waals surface area contributed by atoms with Crippen molar-refractivity contribution in [2.24, 2.45) is 0 Å². The molecule has 4 heteroatoms. The summed E-state index contributed by atoms with van der Waals surface area (Å²) in [6.07, 6.45) is 3.75. The van der Waals surface area contributed by atoms with E-state index in [0.717, 1.165) is 17.8 Å². The normalized spacial score (nSPS) is 16.6. The number of hydrogen-bond donors (Lipinski definition) is 0. The smallest absolute Gasteiger partial charge is 0.101 e. The van der Waals surface area contributed by atoms with E-state index in [1.807, 2.05) is 18.2 Å². The maximum atomic E-state index is 9.34. The van der Waals surface area contributed by atoms with Crippen molar-refractivity contribution in [1.29, 1.82) is 5.26 Å². The number of rotatable bonds is 5. The van der Waals surface area contributed by atoms with Gasteiger partial charge in [-0.05, 0) is 51.1 Å². The zero-order chi connectivity index (χ0) is 14.8. The van der Waals surface area contributed by atoms with Crippen LogP contribution >= 0.6 is 11.6 Å². The molecule has 0 aromatic heterocycles. The Hall–Kier alpha value is -1.24. The Labute approximate surface area is 126 Å². The van der Waals surface area contributed by atoms with Gasteiger partial charge >= 0.3 is 0 Å². The highest BCUT2D eigenvalue weighted by Crippen LogP contribution is 2.37. The Bertz CT molecular complexity index is 515. The van der Waals surface area contributed by atoms with E-state index in [1.165, 1.54) is 19.3 Å². The molecule has 2 rings (SSSR count). The number of benzene rings is 1. The van der Waals surface area contributed by atoms with E-state index >= 15 is 0 Å². The summed E-state index contributed by atoms with van der Waals surface area (Å²) in [5.74, 6) is 0.445. The summed E-state index contributed by atoms with van der Waals surface area (Å²) in [5, 5.41) is 9.34. The van der Waals surface area contributed by atoms with Crippen LogP contribution in [0.4, 0.5) is 5.69 Å². The summed E-state index contributed by atoms with van der Waals surface area (Å²) >= 11 is 5.84. The molecule has 1 aliphatic carbocycles. The molecule has 1 saturated carbocycles. The SMILES string of the molecule is CN(CC1(N(C)C)CCC1)c1ccc(CCl)cc1C#N. The molecule has 1 fully saturated rings. The predicted octanol–water partition coefficient (Wildman–Crippen LogP) is 3.22. The molecule has 0 bridgehead atoms. The van der Waals surface area contributed by atoms with Gasteiger partial charge in [-0.2, -0.15) is 5.26 Å². The van der Waals surface area contributed by atoms with Crippen molar-refractivity contribution in [2.75, 3.05) is 32.6 Å². The highest BCUT2D eigenvalue weighted by atomic mass is 35.5. The van der Waals surface area contributed by atoms with Crippen molar-refractivity contribution in [3.8, 4) is 6.07 Å². The van der Waals surface area contributed by atoms with E-state index in [9.17, 15) is 5.26 Å². The highest BCUT2D eigenvalue weighted by molar-refractivity contribution is 6.17. The van der Waals surface area contributed by atoms with Crippen LogP contribution in [0, 0.1) is 11.3 Å². The van der Waals surface area contributed by atoms with Gasteiger partial charge in [-0.25, -0.2) is 0 Å². The van der Waals surface area contributed by atoms with Gasteiger partial charge in [0.05, 0.1) is 11.3 Å². The Morgan fingerprint density at radius 3 is 2.45 bits per heavy atom. The fraction of sp³-hybridized carbons (Fsp3) is 0.562. The highest BCUT2D eigenvalue weighted by Gasteiger charge is 2.40. The summed E-state index contributed by atoms with van der Waals surface area (Å²) in [4.78, 5) is 4.53. The molecule has 0 saturated heterocycles. The average molecular weight is 292 g/mol. The minimum Gasteiger partial charge on any atom is -0.372 e. The van der Waals surface area contributed by atoms with Gasteiger partial charge in [0.25, 0.3) is 0 Å². The Morgan fingerprint density at radius 2 is 2.00 bits per heavy atom. The first-order chi connectivity index (χ1) is 9.52. The molecule has 108 valence electrons. The molecule has 0 radical (unpaired) electrons. The molecule has 0 spiro atoms. The van der Waals surface area contributed by atoms with Gasteiger partial charge in [0.2, 0.25) is 0 Å². The van der Waals surface area contributed by atoms with E-state index in [2.05, 4.69) is 37.0 Å². The summed E-state index contributed by atoms with van der Waals surface area (Å²) in [6.45, 7) is 0.953. The van der Waals surface area contributed by atoms with Crippen LogP contribution in [0.3, 0.4) is 0 Å². The standard InChI is InChI=1S/C16H22ClN3/c1-19(2)16(7-4-8-16)12-20(3)15-6-5-13(10-17)9-14(15)11-18/h5-6,9H,4,7-8,10,12H2,1-3H3. The second-order valence-corrected chi connectivity index (χ2v) is 6.19. The number of anilines is 1. The Kier molecular flexibility index (Phi) is 4.57. The largest absolute Gasteiger partial charge is 0.372 e. The summed E-state index contributed by atoms with van der Waals surface area (Å²) < 4.78 is 0. The minimum atomic E-state index is 0.257. The molecule has 0 unspecified atom stereocenters. The van der Waals surface area contributed by atoms with Gasteiger partial charge < -0.3 is 9.80 Å². The van der Waals surface area contributed by atoms with Gasteiger partial charge in [0, 0.05) is 25.0 Å². The van der Waals surface area contributed by atoms with Crippen LogP contribution in [-0.2, 0) is 5.88 Å². The molecular formula is C16H22ClN3. The van der Waals surface area contributed by atoms with Crippen LogP contribution in [0.25, 0.3) is 0 Å². The zero-order valence-corrected chi connectivity index (χ0v) is 13.2. The topological polar surface area (TPSA) is 30.3 Å². The molecule has 1 aromatic carbocycles. The van der Waals surface area contributed by atoms with Crippen LogP contribution in [0.5, 0.6) is 0 Å². The molecule has 0 amide bonds. The lowest BCUT2D eigenvalue weighted by molar-refractivity contribution is 0.0683. The van der Waals surface area contributed by atoms with Gasteiger partial charge in [-0.1, -0.05) is 6.07 Å². The third kappa shape index (κ3) is 2.77. The van der Waals surface area contributed by atoms with Crippen LogP contribution in [0.15, 0.2) is 18.2 Å². The van der Waals surface area contributed by atoms with Crippen LogP contribution in [-0.4, -0.2) is 38.1 Å². The molecule has 0 aliphatic heterocycles. The lowest BCUT2D eigenvalue weighted by Crippen LogP contribution is -2.56. The summed E-state index contributed by atoms with van der Waals surface area (Å²) in [7, 11) is 6.36. The minimum absolute atomic E-state index is 0.257. The lowest BCUT2D eigenvalue weighted by atomic mass is 9.75. The first kappa shape index (κ1) is 15.2. The molecule has 0 N–H and O–H groups in total. The number of halogens is 1. The van der Waals surface area contributed by atoms with Crippen molar-refractivity contribution in [1.82, 2.24) is 4.90 Å². The summed E-state index contributed by atoms with van der Waals surface area (Å²) in [5.41, 5.74) is 2.95. The van der Waals surface area contributed by atoms with Crippen molar-refractivity contribution >= 4 is 17.3 Å². The lowest BCUT2D eigenvalue weighted by Gasteiger charge is -2.49. The average Bonchev–Trinajstić information content (AvgIpc) is 2.41. The maximum Gasteiger partial charge on any atom is 0.101 e. The van der Waals surface area contributed by atoms with E-state index in [4.69, 9.17) is 11.6 Å². The maximum absolute atomic E-state index is 9.34. The fourth-order valence-electron chi connectivity index (χ4n) is 2.95. The van der Waals surface area contributed by atoms with E-state index in [-0.39, 0.29) is 5.54 Å². The quantitative estimate of drug-likeness (QED) is 0.780. The Balaban J connectivity index is 2.21. The first-order valence-electron chi connectivity index (χ1n) is 7.00. The zero-order valence-electron chi connectivity index (χ0n) is 12.5. The van der Waals surface area contributed by atoms with Gasteiger partial charge in [0.15, 0.2) is 0 Å². The molecule has 1 aromatic rings. The monoisotopic (exact) mass is 291 g/mol. The van der Waals surface area contributed by atoms with E-state index < -0.39 is 0 Å². The molecule has 3 nitrogen and oxygen atoms in total. The summed E-state index contributed by atoms with van der Waals surface area (Å²) in [6, 6.07) is 8.19. The molecule has 1 aliphatic rings. The number of hydrogen-bond acceptors (Lipinski definition) is 3.